The van der Waals surface area contributed by atoms with Gasteiger partial charge in [0.15, 0.2) is 17.2 Å². The van der Waals surface area contributed by atoms with Crippen LogP contribution in [0.5, 0.6) is 11.5 Å². The summed E-state index contributed by atoms with van der Waals surface area (Å²) in [5, 5.41) is 18.3. The minimum Gasteiger partial charge on any atom is -0.594 e. The molecule has 210 valence electrons. The van der Waals surface area contributed by atoms with Crippen LogP contribution in [0.15, 0.2) is 41.5 Å². The minimum atomic E-state index is -0.135. The first kappa shape index (κ1) is 29.9. The summed E-state index contributed by atoms with van der Waals surface area (Å²) in [6.07, 6.45) is 1.95. The van der Waals surface area contributed by atoms with E-state index in [2.05, 4.69) is 86.5 Å². The van der Waals surface area contributed by atoms with Gasteiger partial charge in [0, 0.05) is 11.2 Å². The maximum atomic E-state index is 13.7. The van der Waals surface area contributed by atoms with Gasteiger partial charge in [0.1, 0.15) is 13.2 Å². The van der Waals surface area contributed by atoms with E-state index in [1.807, 2.05) is 24.3 Å². The second-order valence-corrected chi connectivity index (χ2v) is 14.3. The van der Waals surface area contributed by atoms with E-state index in [1.165, 1.54) is 0 Å². The summed E-state index contributed by atoms with van der Waals surface area (Å²) in [6.45, 7) is 23.9. The average molecular weight is 525 g/mol. The summed E-state index contributed by atoms with van der Waals surface area (Å²) in [4.78, 5) is 0.688. The van der Waals surface area contributed by atoms with E-state index in [4.69, 9.17) is 14.2 Å². The summed E-state index contributed by atoms with van der Waals surface area (Å²) in [5.41, 5.74) is 3.12. The molecule has 0 aliphatic carbocycles. The molecule has 1 aliphatic rings. The van der Waals surface area contributed by atoms with Crippen molar-refractivity contribution >= 4 is 11.4 Å². The Morgan fingerprint density at radius 3 is 1.68 bits per heavy atom. The third kappa shape index (κ3) is 8.20. The van der Waals surface area contributed by atoms with E-state index in [0.29, 0.717) is 54.2 Å². The third-order valence-electron chi connectivity index (χ3n) is 6.80. The van der Waals surface area contributed by atoms with Crippen LogP contribution in [0.25, 0.3) is 0 Å². The van der Waals surface area contributed by atoms with Gasteiger partial charge in [0.05, 0.1) is 13.2 Å². The van der Waals surface area contributed by atoms with Gasteiger partial charge in [-0.05, 0) is 68.7 Å². The molecule has 1 heterocycles. The number of hydrogen-bond donors (Lipinski definition) is 0. The Morgan fingerprint density at radius 2 is 1.16 bits per heavy atom. The molecule has 0 aromatic heterocycles. The third-order valence-corrected chi connectivity index (χ3v) is 6.80. The van der Waals surface area contributed by atoms with E-state index in [-0.39, 0.29) is 21.7 Å². The second-order valence-electron chi connectivity index (χ2n) is 14.3. The lowest BCUT2D eigenvalue weighted by molar-refractivity contribution is -0.436. The Labute approximate surface area is 230 Å². The van der Waals surface area contributed by atoms with E-state index in [9.17, 15) is 5.21 Å². The molecule has 0 bridgehead atoms. The SMILES string of the molecule is CC(C)(C)CC(C)(C)c1ccc2c(c1)N=[N+]([O-])c1cc(C(C)(C)CC(C)(C)C)ccc1OCCOCCO2. The highest BCUT2D eigenvalue weighted by Crippen LogP contribution is 2.42. The van der Waals surface area contributed by atoms with Gasteiger partial charge in [-0.15, -0.1) is 0 Å². The van der Waals surface area contributed by atoms with Crippen LogP contribution in [0.1, 0.15) is 93.2 Å². The number of benzene rings is 2. The van der Waals surface area contributed by atoms with Gasteiger partial charge in [0.25, 0.3) is 5.69 Å². The van der Waals surface area contributed by atoms with Gasteiger partial charge in [-0.2, -0.15) is 0 Å². The van der Waals surface area contributed by atoms with Crippen LogP contribution in [0.4, 0.5) is 11.4 Å². The van der Waals surface area contributed by atoms with Gasteiger partial charge in [-0.3, -0.25) is 0 Å². The molecule has 0 saturated heterocycles. The van der Waals surface area contributed by atoms with Crippen LogP contribution in [-0.2, 0) is 15.6 Å². The van der Waals surface area contributed by atoms with Crippen molar-refractivity contribution in [2.75, 3.05) is 26.4 Å². The van der Waals surface area contributed by atoms with Crippen LogP contribution in [0.3, 0.4) is 0 Å². The number of rotatable bonds is 4. The molecule has 0 amide bonds. The molecular weight excluding hydrogens is 476 g/mol. The largest absolute Gasteiger partial charge is 0.594 e. The molecule has 2 aromatic rings. The molecule has 0 atom stereocenters. The van der Waals surface area contributed by atoms with Crippen LogP contribution in [0, 0.1) is 16.0 Å². The maximum absolute atomic E-state index is 13.7. The van der Waals surface area contributed by atoms with Gasteiger partial charge in [-0.25, -0.2) is 0 Å². The van der Waals surface area contributed by atoms with E-state index in [0.717, 1.165) is 24.0 Å². The van der Waals surface area contributed by atoms with Gasteiger partial charge in [0.2, 0.25) is 0 Å². The fourth-order valence-electron chi connectivity index (χ4n) is 5.88. The fraction of sp³-hybridized carbons (Fsp3) is 0.625. The first-order valence-corrected chi connectivity index (χ1v) is 13.8. The Bertz CT molecular complexity index is 1140. The predicted octanol–water partition coefficient (Wildman–Crippen LogP) is 8.83. The number of ether oxygens (including phenoxy) is 3. The minimum absolute atomic E-state index is 0.105. The smallest absolute Gasteiger partial charge is 0.286 e. The normalized spacial score (nSPS) is 16.0. The molecule has 38 heavy (non-hydrogen) atoms. The molecule has 0 saturated carbocycles. The predicted molar refractivity (Wildman–Crippen MR) is 154 cm³/mol. The number of hydrogen-bond acceptors (Lipinski definition) is 5. The molecule has 0 fully saturated rings. The topological polar surface area (TPSA) is 66.1 Å². The molecule has 2 aromatic carbocycles. The zero-order valence-corrected chi connectivity index (χ0v) is 25.2. The summed E-state index contributed by atoms with van der Waals surface area (Å²) >= 11 is 0. The fourth-order valence-corrected chi connectivity index (χ4v) is 5.88. The van der Waals surface area contributed by atoms with E-state index >= 15 is 0 Å². The lowest BCUT2D eigenvalue weighted by Gasteiger charge is -2.33. The molecule has 0 radical (unpaired) electrons. The summed E-state index contributed by atoms with van der Waals surface area (Å²) in [7, 11) is 0. The van der Waals surface area contributed by atoms with Gasteiger partial charge in [-0.1, -0.05) is 81.4 Å². The van der Waals surface area contributed by atoms with Crippen molar-refractivity contribution in [1.29, 1.82) is 0 Å². The number of nitrogens with zero attached hydrogens (tertiary/aromatic N) is 2. The Morgan fingerprint density at radius 1 is 0.684 bits per heavy atom. The maximum Gasteiger partial charge on any atom is 0.286 e. The Balaban J connectivity index is 2.13. The van der Waals surface area contributed by atoms with Crippen molar-refractivity contribution < 1.29 is 19.1 Å². The molecule has 6 heteroatoms. The number of fused-ring (bicyclic) bond motifs is 2. The molecule has 3 rings (SSSR count). The first-order valence-electron chi connectivity index (χ1n) is 13.8. The van der Waals surface area contributed by atoms with Crippen molar-refractivity contribution in [1.82, 2.24) is 0 Å². The lowest BCUT2D eigenvalue weighted by atomic mass is 9.72. The monoisotopic (exact) mass is 524 g/mol. The zero-order chi connectivity index (χ0) is 28.4. The number of azo groups is 1. The summed E-state index contributed by atoms with van der Waals surface area (Å²) < 4.78 is 17.7. The first-order chi connectivity index (χ1) is 17.5. The zero-order valence-electron chi connectivity index (χ0n) is 25.2. The van der Waals surface area contributed by atoms with Crippen molar-refractivity contribution in [3.8, 4) is 11.5 Å². The molecule has 1 aliphatic heterocycles. The molecule has 0 spiro atoms. The second kappa shape index (κ2) is 11.3. The van der Waals surface area contributed by atoms with Crippen LogP contribution < -0.4 is 9.47 Å². The van der Waals surface area contributed by atoms with Crippen molar-refractivity contribution in [2.45, 2.75) is 92.9 Å². The van der Waals surface area contributed by atoms with E-state index < -0.39 is 0 Å². The standard InChI is InChI=1S/C32H48N2O4/c1-29(2,3)21-31(7,8)23-11-13-27-25(19-23)33-34(35)26-20-24(32(9,10)22-30(4,5)6)12-14-28(26)38-18-16-36-15-17-37-27/h11-14,19-20H,15-18,21-22H2,1-10H3. The van der Waals surface area contributed by atoms with Gasteiger partial charge >= 0.3 is 0 Å². The summed E-state index contributed by atoms with van der Waals surface area (Å²) in [6, 6.07) is 11.9. The van der Waals surface area contributed by atoms with Crippen molar-refractivity contribution in [3.05, 3.63) is 52.7 Å². The quantitative estimate of drug-likeness (QED) is 0.296. The molecule has 0 N–H and O–H groups in total. The Kier molecular flexibility index (Phi) is 8.87. The molecule has 6 nitrogen and oxygen atoms in total. The summed E-state index contributed by atoms with van der Waals surface area (Å²) in [5.74, 6) is 1.06. The van der Waals surface area contributed by atoms with Crippen molar-refractivity contribution in [2.24, 2.45) is 15.9 Å². The molecular formula is C32H48N2O4. The Hall–Kier alpha value is -2.60. The van der Waals surface area contributed by atoms with Crippen LogP contribution in [-0.4, -0.2) is 31.3 Å². The highest BCUT2D eigenvalue weighted by molar-refractivity contribution is 5.55. The van der Waals surface area contributed by atoms with Crippen LogP contribution in [0.2, 0.25) is 0 Å². The lowest BCUT2D eigenvalue weighted by Crippen LogP contribution is -2.25. The van der Waals surface area contributed by atoms with Crippen molar-refractivity contribution in [3.63, 3.8) is 0 Å². The van der Waals surface area contributed by atoms with Crippen LogP contribution >= 0.6 is 0 Å². The molecule has 0 unspecified atom stereocenters. The average Bonchev–Trinajstić information content (AvgIpc) is 2.76. The highest BCUT2D eigenvalue weighted by Gasteiger charge is 2.31. The highest BCUT2D eigenvalue weighted by atomic mass is 16.5. The van der Waals surface area contributed by atoms with E-state index in [1.54, 1.807) is 0 Å². The van der Waals surface area contributed by atoms with Gasteiger partial charge < -0.3 is 19.4 Å².